The van der Waals surface area contributed by atoms with Crippen LogP contribution < -0.4 is 5.32 Å². The topological polar surface area (TPSA) is 75.6 Å². The molecule has 0 aromatic heterocycles. The Morgan fingerprint density at radius 2 is 2.07 bits per heavy atom. The second-order valence-electron chi connectivity index (χ2n) is 7.57. The number of benzene rings is 1. The quantitative estimate of drug-likeness (QED) is 0.440. The number of amides is 1. The summed E-state index contributed by atoms with van der Waals surface area (Å²) in [6.45, 7) is 5.99. The van der Waals surface area contributed by atoms with Crippen molar-refractivity contribution in [2.45, 2.75) is 51.2 Å². The second kappa shape index (κ2) is 8.91. The molecule has 1 amide bonds. The van der Waals surface area contributed by atoms with Crippen LogP contribution in [0.15, 0.2) is 65.8 Å². The molecule has 5 nitrogen and oxygen atoms in total. The van der Waals surface area contributed by atoms with Crippen molar-refractivity contribution in [1.82, 2.24) is 5.32 Å². The van der Waals surface area contributed by atoms with Crippen molar-refractivity contribution in [2.75, 3.05) is 0 Å². The van der Waals surface area contributed by atoms with E-state index < -0.39 is 6.09 Å². The molecule has 148 valence electrons. The van der Waals surface area contributed by atoms with E-state index in [0.717, 1.165) is 31.2 Å². The Balaban J connectivity index is 1.80. The highest BCUT2D eigenvalue weighted by atomic mass is 16.5. The third kappa shape index (κ3) is 4.91. The summed E-state index contributed by atoms with van der Waals surface area (Å²) in [6.07, 6.45) is 6.94. The molecule has 3 atom stereocenters. The van der Waals surface area contributed by atoms with Gasteiger partial charge in [-0.3, -0.25) is 0 Å². The lowest BCUT2D eigenvalue weighted by molar-refractivity contribution is -0.137. The SMILES string of the molecule is C=C1C(=O)O[C@@H]2C=C(C)CCC=C(CC(NC(=O)O)c3ccccc3)CC[C@H]12. The Morgan fingerprint density at radius 1 is 1.32 bits per heavy atom. The Kier molecular flexibility index (Phi) is 6.34. The van der Waals surface area contributed by atoms with Crippen molar-refractivity contribution in [3.8, 4) is 0 Å². The predicted molar refractivity (Wildman–Crippen MR) is 108 cm³/mol. The van der Waals surface area contributed by atoms with Crippen LogP contribution in [-0.4, -0.2) is 23.3 Å². The summed E-state index contributed by atoms with van der Waals surface area (Å²) in [7, 11) is 0. The van der Waals surface area contributed by atoms with E-state index in [9.17, 15) is 14.7 Å². The maximum absolute atomic E-state index is 12.0. The van der Waals surface area contributed by atoms with E-state index >= 15 is 0 Å². The molecule has 5 heteroatoms. The fourth-order valence-electron chi connectivity index (χ4n) is 3.96. The van der Waals surface area contributed by atoms with Gasteiger partial charge in [-0.15, -0.1) is 0 Å². The highest BCUT2D eigenvalue weighted by Crippen LogP contribution is 2.35. The Bertz CT molecular complexity index is 809. The van der Waals surface area contributed by atoms with Crippen LogP contribution in [0.3, 0.4) is 0 Å². The smallest absolute Gasteiger partial charge is 0.405 e. The van der Waals surface area contributed by atoms with Gasteiger partial charge >= 0.3 is 12.1 Å². The number of hydrogen-bond donors (Lipinski definition) is 2. The Hall–Kier alpha value is -2.82. The number of carboxylic acid groups (broad SMARTS) is 1. The lowest BCUT2D eigenvalue weighted by atomic mass is 9.86. The van der Waals surface area contributed by atoms with Gasteiger partial charge < -0.3 is 15.2 Å². The summed E-state index contributed by atoms with van der Waals surface area (Å²) >= 11 is 0. The molecule has 1 heterocycles. The zero-order valence-corrected chi connectivity index (χ0v) is 16.2. The number of carbonyl (C=O) groups excluding carboxylic acids is 1. The number of esters is 1. The van der Waals surface area contributed by atoms with Gasteiger partial charge in [0.05, 0.1) is 6.04 Å². The zero-order chi connectivity index (χ0) is 20.1. The molecule has 0 saturated carbocycles. The second-order valence-corrected chi connectivity index (χ2v) is 7.57. The molecule has 1 aromatic carbocycles. The first-order valence-electron chi connectivity index (χ1n) is 9.73. The fraction of sp³-hybridized carbons (Fsp3) is 0.391. The minimum atomic E-state index is -1.03. The van der Waals surface area contributed by atoms with Crippen molar-refractivity contribution in [3.05, 3.63) is 71.3 Å². The molecule has 0 bridgehead atoms. The molecule has 2 aliphatic rings. The molecule has 2 N–H and O–H groups in total. The third-order valence-corrected chi connectivity index (χ3v) is 5.51. The predicted octanol–water partition coefficient (Wildman–Crippen LogP) is 4.93. The first-order valence-corrected chi connectivity index (χ1v) is 9.73. The number of allylic oxidation sites excluding steroid dienone is 2. The maximum atomic E-state index is 12.0. The summed E-state index contributed by atoms with van der Waals surface area (Å²) < 4.78 is 5.49. The van der Waals surface area contributed by atoms with Crippen LogP contribution in [0.4, 0.5) is 4.79 Å². The summed E-state index contributed by atoms with van der Waals surface area (Å²) in [6, 6.07) is 9.33. The van der Waals surface area contributed by atoms with Crippen LogP contribution in [-0.2, 0) is 9.53 Å². The number of fused-ring (bicyclic) bond motifs is 1. The highest BCUT2D eigenvalue weighted by Gasteiger charge is 2.37. The summed E-state index contributed by atoms with van der Waals surface area (Å²) in [5.41, 5.74) is 3.87. The molecule has 1 unspecified atom stereocenters. The standard InChI is InChI=1S/C23H27NO4/c1-15-7-6-8-17(11-12-19-16(2)22(25)28-21(19)13-15)14-20(24-23(26)27)18-9-4-3-5-10-18/h3-5,8-10,13,19-21,24H,2,6-7,11-12,14H2,1H3,(H,26,27)/t19-,20?,21-/m1/s1. The molecule has 0 radical (unpaired) electrons. The van der Waals surface area contributed by atoms with Gasteiger partial charge in [0.2, 0.25) is 0 Å². The van der Waals surface area contributed by atoms with Crippen LogP contribution in [0.1, 0.15) is 50.6 Å². The van der Waals surface area contributed by atoms with E-state index in [-0.39, 0.29) is 24.0 Å². The van der Waals surface area contributed by atoms with Crippen molar-refractivity contribution < 1.29 is 19.4 Å². The average Bonchev–Trinajstić information content (AvgIpc) is 2.92. The molecule has 1 saturated heterocycles. The van der Waals surface area contributed by atoms with Gasteiger partial charge in [-0.25, -0.2) is 9.59 Å². The van der Waals surface area contributed by atoms with Crippen LogP contribution in [0.5, 0.6) is 0 Å². The molecule has 0 spiro atoms. The fourth-order valence-corrected chi connectivity index (χ4v) is 3.96. The minimum absolute atomic E-state index is 0.0217. The molecule has 3 rings (SSSR count). The first kappa shape index (κ1) is 19.9. The van der Waals surface area contributed by atoms with Crippen molar-refractivity contribution in [2.24, 2.45) is 5.92 Å². The third-order valence-electron chi connectivity index (χ3n) is 5.51. The van der Waals surface area contributed by atoms with Gasteiger partial charge in [0, 0.05) is 11.5 Å². The number of rotatable bonds is 4. The lowest BCUT2D eigenvalue weighted by Gasteiger charge is -2.22. The van der Waals surface area contributed by atoms with Crippen molar-refractivity contribution in [3.63, 3.8) is 0 Å². The molecule has 1 fully saturated rings. The number of hydrogen-bond acceptors (Lipinski definition) is 3. The van der Waals surface area contributed by atoms with Crippen LogP contribution in [0.25, 0.3) is 0 Å². The van der Waals surface area contributed by atoms with E-state index in [4.69, 9.17) is 4.74 Å². The van der Waals surface area contributed by atoms with Gasteiger partial charge in [0.1, 0.15) is 6.10 Å². The lowest BCUT2D eigenvalue weighted by Crippen LogP contribution is -2.27. The summed E-state index contributed by atoms with van der Waals surface area (Å²) in [5, 5.41) is 11.9. The van der Waals surface area contributed by atoms with Crippen LogP contribution in [0, 0.1) is 5.92 Å². The zero-order valence-electron chi connectivity index (χ0n) is 16.2. The van der Waals surface area contributed by atoms with Gasteiger partial charge in [0.25, 0.3) is 0 Å². The van der Waals surface area contributed by atoms with Gasteiger partial charge in [0.15, 0.2) is 0 Å². The summed E-state index contributed by atoms with van der Waals surface area (Å²) in [4.78, 5) is 23.3. The Labute approximate surface area is 165 Å². The Morgan fingerprint density at radius 3 is 2.79 bits per heavy atom. The maximum Gasteiger partial charge on any atom is 0.405 e. The molecular formula is C23H27NO4. The van der Waals surface area contributed by atoms with Gasteiger partial charge in [-0.1, -0.05) is 54.1 Å². The normalized spacial score (nSPS) is 23.8. The summed E-state index contributed by atoms with van der Waals surface area (Å²) in [5.74, 6) is -0.329. The number of nitrogens with one attached hydrogen (secondary N) is 1. The van der Waals surface area contributed by atoms with Crippen molar-refractivity contribution in [1.29, 1.82) is 0 Å². The minimum Gasteiger partial charge on any atom is -0.465 e. The van der Waals surface area contributed by atoms with E-state index in [2.05, 4.69) is 31.0 Å². The first-order chi connectivity index (χ1) is 13.4. The van der Waals surface area contributed by atoms with Crippen molar-refractivity contribution >= 4 is 12.1 Å². The number of carbonyl (C=O) groups is 2. The van der Waals surface area contributed by atoms with E-state index in [1.807, 2.05) is 30.3 Å². The molecule has 1 aliphatic heterocycles. The van der Waals surface area contributed by atoms with E-state index in [1.54, 1.807) is 0 Å². The molecular weight excluding hydrogens is 354 g/mol. The van der Waals surface area contributed by atoms with Gasteiger partial charge in [-0.05, 0) is 50.7 Å². The molecule has 1 aliphatic carbocycles. The van der Waals surface area contributed by atoms with E-state index in [1.165, 1.54) is 11.1 Å². The van der Waals surface area contributed by atoms with Crippen LogP contribution >= 0.6 is 0 Å². The molecule has 28 heavy (non-hydrogen) atoms. The number of ether oxygens (including phenoxy) is 1. The van der Waals surface area contributed by atoms with E-state index in [0.29, 0.717) is 12.0 Å². The molecule has 1 aromatic rings. The largest absolute Gasteiger partial charge is 0.465 e. The highest BCUT2D eigenvalue weighted by molar-refractivity contribution is 5.91. The van der Waals surface area contributed by atoms with Crippen LogP contribution in [0.2, 0.25) is 0 Å². The monoisotopic (exact) mass is 381 g/mol. The average molecular weight is 381 g/mol. The van der Waals surface area contributed by atoms with Gasteiger partial charge in [-0.2, -0.15) is 0 Å².